The fourth-order valence-corrected chi connectivity index (χ4v) is 4.02. The summed E-state index contributed by atoms with van der Waals surface area (Å²) in [5, 5.41) is 14.3. The van der Waals surface area contributed by atoms with E-state index in [0.29, 0.717) is 18.9 Å². The zero-order valence-corrected chi connectivity index (χ0v) is 19.2. The molecule has 0 bridgehead atoms. The smallest absolute Gasteiger partial charge is 0.335 e. The summed E-state index contributed by atoms with van der Waals surface area (Å²) in [6.45, 7) is 3.02. The van der Waals surface area contributed by atoms with Gasteiger partial charge in [0.1, 0.15) is 5.75 Å². The molecule has 5 nitrogen and oxygen atoms in total. The third-order valence-electron chi connectivity index (χ3n) is 5.16. The molecule has 0 aliphatic rings. The number of benzene rings is 3. The highest BCUT2D eigenvalue weighted by atomic mass is 79.9. The van der Waals surface area contributed by atoms with Gasteiger partial charge < -0.3 is 9.84 Å². The van der Waals surface area contributed by atoms with E-state index in [2.05, 4.69) is 40.2 Å². The lowest BCUT2D eigenvalue weighted by Gasteiger charge is -2.09. The van der Waals surface area contributed by atoms with Crippen LogP contribution in [0.4, 0.5) is 0 Å². The van der Waals surface area contributed by atoms with Gasteiger partial charge >= 0.3 is 5.97 Å². The van der Waals surface area contributed by atoms with Gasteiger partial charge in [0.15, 0.2) is 0 Å². The van der Waals surface area contributed by atoms with Gasteiger partial charge in [-0.1, -0.05) is 58.4 Å². The van der Waals surface area contributed by atoms with Gasteiger partial charge in [0.05, 0.1) is 23.6 Å². The van der Waals surface area contributed by atoms with E-state index in [1.54, 1.807) is 18.2 Å². The van der Waals surface area contributed by atoms with Gasteiger partial charge in [0.25, 0.3) is 0 Å². The van der Waals surface area contributed by atoms with Crippen molar-refractivity contribution in [3.63, 3.8) is 0 Å². The molecular weight excluding hydrogens is 468 g/mol. The summed E-state index contributed by atoms with van der Waals surface area (Å²) in [6.07, 6.45) is 0.846. The highest BCUT2D eigenvalue weighted by Crippen LogP contribution is 2.34. The monoisotopic (exact) mass is 490 g/mol. The summed E-state index contributed by atoms with van der Waals surface area (Å²) in [6, 6.07) is 25.4. The molecule has 1 heterocycles. The van der Waals surface area contributed by atoms with Crippen molar-refractivity contribution < 1.29 is 14.6 Å². The molecule has 0 spiro atoms. The minimum absolute atomic E-state index is 0.188. The van der Waals surface area contributed by atoms with E-state index >= 15 is 0 Å². The number of aryl methyl sites for hydroxylation is 2. The predicted octanol–water partition coefficient (Wildman–Crippen LogP) is 6.32. The molecule has 4 aromatic rings. The van der Waals surface area contributed by atoms with Crippen LogP contribution in [0.25, 0.3) is 22.5 Å². The summed E-state index contributed by atoms with van der Waals surface area (Å²) in [5.41, 5.74) is 4.98. The lowest BCUT2D eigenvalue weighted by Crippen LogP contribution is -2.05. The van der Waals surface area contributed by atoms with Crippen LogP contribution in [-0.4, -0.2) is 27.5 Å². The maximum atomic E-state index is 11.4. The van der Waals surface area contributed by atoms with Crippen LogP contribution in [0.15, 0.2) is 83.3 Å². The van der Waals surface area contributed by atoms with Gasteiger partial charge in [0.2, 0.25) is 0 Å². The van der Waals surface area contributed by atoms with E-state index in [1.807, 2.05) is 48.0 Å². The number of rotatable bonds is 8. The predicted molar refractivity (Wildman–Crippen MR) is 129 cm³/mol. The van der Waals surface area contributed by atoms with Crippen LogP contribution in [0.3, 0.4) is 0 Å². The number of aromatic carboxylic acids is 1. The third kappa shape index (κ3) is 4.92. The molecule has 32 heavy (non-hydrogen) atoms. The first-order valence-electron chi connectivity index (χ1n) is 10.4. The fourth-order valence-electron chi connectivity index (χ4n) is 3.62. The molecule has 6 heteroatoms. The van der Waals surface area contributed by atoms with Gasteiger partial charge in [-0.15, -0.1) is 0 Å². The quantitative estimate of drug-likeness (QED) is 0.313. The molecule has 0 fully saturated rings. The number of nitrogens with zero attached hydrogens (tertiary/aromatic N) is 2. The van der Waals surface area contributed by atoms with E-state index in [4.69, 9.17) is 9.84 Å². The zero-order valence-electron chi connectivity index (χ0n) is 17.7. The molecule has 0 aliphatic heterocycles. The minimum atomic E-state index is -0.985. The molecule has 0 atom stereocenters. The average Bonchev–Trinajstić information content (AvgIpc) is 3.22. The van der Waals surface area contributed by atoms with E-state index in [0.717, 1.165) is 33.4 Å². The van der Waals surface area contributed by atoms with Crippen LogP contribution in [0.2, 0.25) is 0 Å². The molecule has 3 aromatic carbocycles. The SMILES string of the molecule is CCOc1cc(C(=O)O)ccc1-c1cc(-c2cccc(Br)c2)n(CCc2ccccc2)n1. The van der Waals surface area contributed by atoms with E-state index in [9.17, 15) is 9.90 Å². The second-order valence-electron chi connectivity index (χ2n) is 7.33. The Bertz CT molecular complexity index is 1240. The van der Waals surface area contributed by atoms with Crippen LogP contribution in [0.5, 0.6) is 5.75 Å². The van der Waals surface area contributed by atoms with Gasteiger partial charge in [-0.2, -0.15) is 5.10 Å². The zero-order chi connectivity index (χ0) is 22.5. The molecule has 162 valence electrons. The number of carboxylic acid groups (broad SMARTS) is 1. The number of carboxylic acids is 1. The van der Waals surface area contributed by atoms with Crippen molar-refractivity contribution in [3.8, 4) is 28.3 Å². The lowest BCUT2D eigenvalue weighted by molar-refractivity contribution is 0.0696. The number of halogens is 1. The number of carbonyl (C=O) groups is 1. The van der Waals surface area contributed by atoms with Gasteiger partial charge in [-0.05, 0) is 55.3 Å². The Hall–Kier alpha value is -3.38. The average molecular weight is 491 g/mol. The van der Waals surface area contributed by atoms with Crippen molar-refractivity contribution in [2.75, 3.05) is 6.61 Å². The van der Waals surface area contributed by atoms with Crippen molar-refractivity contribution in [1.82, 2.24) is 9.78 Å². The minimum Gasteiger partial charge on any atom is -0.493 e. The Labute approximate surface area is 195 Å². The van der Waals surface area contributed by atoms with E-state index < -0.39 is 5.97 Å². The standard InChI is InChI=1S/C26H23BrN2O3/c1-2-32-25-16-20(26(30)31)11-12-22(25)23-17-24(19-9-6-10-21(27)15-19)29(28-23)14-13-18-7-4-3-5-8-18/h3-12,15-17H,2,13-14H2,1H3,(H,30,31). The molecule has 0 aliphatic carbocycles. The number of aromatic nitrogens is 2. The normalized spacial score (nSPS) is 10.8. The third-order valence-corrected chi connectivity index (χ3v) is 5.65. The molecule has 1 aromatic heterocycles. The molecule has 0 saturated carbocycles. The maximum Gasteiger partial charge on any atom is 0.335 e. The Morgan fingerprint density at radius 3 is 2.56 bits per heavy atom. The van der Waals surface area contributed by atoms with Crippen molar-refractivity contribution in [3.05, 3.63) is 94.5 Å². The Balaban J connectivity index is 1.77. The summed E-state index contributed by atoms with van der Waals surface area (Å²) in [7, 11) is 0. The van der Waals surface area contributed by atoms with Crippen LogP contribution >= 0.6 is 15.9 Å². The van der Waals surface area contributed by atoms with Gasteiger partial charge in [-0.3, -0.25) is 4.68 Å². The molecule has 4 rings (SSSR count). The first-order valence-corrected chi connectivity index (χ1v) is 11.2. The second kappa shape index (κ2) is 9.83. The molecule has 0 amide bonds. The first kappa shape index (κ1) is 21.8. The fraction of sp³-hybridized carbons (Fsp3) is 0.154. The Morgan fingerprint density at radius 2 is 1.84 bits per heavy atom. The molecule has 0 radical (unpaired) electrons. The summed E-state index contributed by atoms with van der Waals surface area (Å²) < 4.78 is 8.76. The van der Waals surface area contributed by atoms with Gasteiger partial charge in [-0.25, -0.2) is 4.79 Å². The van der Waals surface area contributed by atoms with Crippen LogP contribution < -0.4 is 4.74 Å². The molecular formula is C26H23BrN2O3. The molecule has 1 N–H and O–H groups in total. The second-order valence-corrected chi connectivity index (χ2v) is 8.25. The molecule has 0 unspecified atom stereocenters. The molecule has 0 saturated heterocycles. The number of ether oxygens (including phenoxy) is 1. The van der Waals surface area contributed by atoms with E-state index in [1.165, 1.54) is 5.56 Å². The summed E-state index contributed by atoms with van der Waals surface area (Å²) in [4.78, 5) is 11.4. The highest BCUT2D eigenvalue weighted by molar-refractivity contribution is 9.10. The first-order chi connectivity index (χ1) is 15.5. The Morgan fingerprint density at radius 1 is 1.03 bits per heavy atom. The summed E-state index contributed by atoms with van der Waals surface area (Å²) >= 11 is 3.56. The van der Waals surface area contributed by atoms with Crippen LogP contribution in [0, 0.1) is 0 Å². The topological polar surface area (TPSA) is 64.3 Å². The largest absolute Gasteiger partial charge is 0.493 e. The Kier molecular flexibility index (Phi) is 6.71. The van der Waals surface area contributed by atoms with Crippen LogP contribution in [-0.2, 0) is 13.0 Å². The highest BCUT2D eigenvalue weighted by Gasteiger charge is 2.17. The van der Waals surface area contributed by atoms with Crippen molar-refractivity contribution in [2.45, 2.75) is 19.9 Å². The van der Waals surface area contributed by atoms with Crippen LogP contribution in [0.1, 0.15) is 22.8 Å². The van der Waals surface area contributed by atoms with E-state index in [-0.39, 0.29) is 5.56 Å². The lowest BCUT2D eigenvalue weighted by atomic mass is 10.1. The van der Waals surface area contributed by atoms with Crippen molar-refractivity contribution in [2.24, 2.45) is 0 Å². The summed E-state index contributed by atoms with van der Waals surface area (Å²) in [5.74, 6) is -0.471. The van der Waals surface area contributed by atoms with Gasteiger partial charge in [0, 0.05) is 22.1 Å². The van der Waals surface area contributed by atoms with Crippen molar-refractivity contribution >= 4 is 21.9 Å². The van der Waals surface area contributed by atoms with Crippen molar-refractivity contribution in [1.29, 1.82) is 0 Å². The number of hydrogen-bond acceptors (Lipinski definition) is 3. The maximum absolute atomic E-state index is 11.4. The number of hydrogen-bond donors (Lipinski definition) is 1.